The van der Waals surface area contributed by atoms with Gasteiger partial charge in [-0.2, -0.15) is 0 Å². The molecule has 0 fully saturated rings. The van der Waals surface area contributed by atoms with E-state index in [4.69, 9.17) is 18.0 Å². The Morgan fingerprint density at radius 2 is 2.05 bits per heavy atom. The third kappa shape index (κ3) is 3.61. The fourth-order valence-electron chi connectivity index (χ4n) is 1.77. The van der Waals surface area contributed by atoms with E-state index in [9.17, 15) is 8.42 Å². The predicted octanol–water partition coefficient (Wildman–Crippen LogP) is 3.05. The van der Waals surface area contributed by atoms with Crippen molar-refractivity contribution >= 4 is 44.3 Å². The van der Waals surface area contributed by atoms with Gasteiger partial charge in [0, 0.05) is 10.4 Å². The van der Waals surface area contributed by atoms with Crippen LogP contribution >= 0.6 is 23.6 Å². The Morgan fingerprint density at radius 3 is 2.62 bits per heavy atom. The van der Waals surface area contributed by atoms with Crippen LogP contribution in [0.2, 0.25) is 0 Å². The lowest BCUT2D eigenvalue weighted by molar-refractivity contribution is 0.603. The number of sulfonamides is 1. The third-order valence-electron chi connectivity index (χ3n) is 3.02. The maximum absolute atomic E-state index is 12.4. The van der Waals surface area contributed by atoms with Crippen LogP contribution in [0.3, 0.4) is 0 Å². The summed E-state index contributed by atoms with van der Waals surface area (Å²) in [5, 5.41) is 0. The van der Waals surface area contributed by atoms with Crippen LogP contribution in [0.1, 0.15) is 22.9 Å². The standard InChI is InChI=1S/C14H16N2O2S3/c1-3-11-6-7-13(20-11)21(17,18)16-12-8-10(14(15)19)5-4-9(12)2/h4-8,16H,3H2,1-2H3,(H2,15,19). The highest BCUT2D eigenvalue weighted by atomic mass is 32.2. The van der Waals surface area contributed by atoms with Gasteiger partial charge in [-0.1, -0.05) is 31.3 Å². The van der Waals surface area contributed by atoms with Crippen molar-refractivity contribution < 1.29 is 8.42 Å². The van der Waals surface area contributed by atoms with Gasteiger partial charge in [-0.05, 0) is 37.1 Å². The van der Waals surface area contributed by atoms with Gasteiger partial charge in [0.15, 0.2) is 0 Å². The minimum atomic E-state index is -3.58. The van der Waals surface area contributed by atoms with Crippen molar-refractivity contribution in [2.24, 2.45) is 5.73 Å². The van der Waals surface area contributed by atoms with Crippen molar-refractivity contribution in [3.8, 4) is 0 Å². The molecule has 1 aromatic heterocycles. The normalized spacial score (nSPS) is 11.3. The highest BCUT2D eigenvalue weighted by Crippen LogP contribution is 2.26. The minimum absolute atomic E-state index is 0.236. The zero-order valence-electron chi connectivity index (χ0n) is 11.7. The first-order valence-electron chi connectivity index (χ1n) is 6.35. The van der Waals surface area contributed by atoms with Gasteiger partial charge in [-0.15, -0.1) is 11.3 Å². The number of nitrogens with one attached hydrogen (secondary N) is 1. The predicted molar refractivity (Wildman–Crippen MR) is 91.6 cm³/mol. The van der Waals surface area contributed by atoms with Crippen LogP contribution in [0, 0.1) is 6.92 Å². The van der Waals surface area contributed by atoms with E-state index in [0.717, 1.165) is 16.9 Å². The average Bonchev–Trinajstić information content (AvgIpc) is 2.90. The van der Waals surface area contributed by atoms with Gasteiger partial charge in [0.2, 0.25) is 0 Å². The molecule has 7 heteroatoms. The molecule has 0 amide bonds. The highest BCUT2D eigenvalue weighted by Gasteiger charge is 2.18. The molecule has 2 aromatic rings. The fraction of sp³-hybridized carbons (Fsp3) is 0.214. The Labute approximate surface area is 134 Å². The molecule has 112 valence electrons. The molecular weight excluding hydrogens is 324 g/mol. The van der Waals surface area contributed by atoms with Crippen LogP contribution in [0.25, 0.3) is 0 Å². The maximum atomic E-state index is 12.4. The molecule has 0 spiro atoms. The van der Waals surface area contributed by atoms with E-state index in [1.165, 1.54) is 11.3 Å². The average molecular weight is 340 g/mol. The van der Waals surface area contributed by atoms with Crippen LogP contribution in [-0.4, -0.2) is 13.4 Å². The molecule has 0 aliphatic carbocycles. The fourth-order valence-corrected chi connectivity index (χ4v) is 4.32. The lowest BCUT2D eigenvalue weighted by atomic mass is 10.1. The van der Waals surface area contributed by atoms with Gasteiger partial charge in [0.05, 0.1) is 5.69 Å². The van der Waals surface area contributed by atoms with Gasteiger partial charge in [-0.25, -0.2) is 8.42 Å². The van der Waals surface area contributed by atoms with Gasteiger partial charge in [0.1, 0.15) is 9.20 Å². The van der Waals surface area contributed by atoms with E-state index in [1.807, 2.05) is 19.9 Å². The molecule has 0 unspecified atom stereocenters. The Morgan fingerprint density at radius 1 is 1.33 bits per heavy atom. The summed E-state index contributed by atoms with van der Waals surface area (Å²) >= 11 is 6.20. The molecule has 3 N–H and O–H groups in total. The lowest BCUT2D eigenvalue weighted by Gasteiger charge is -2.11. The first-order valence-corrected chi connectivity index (χ1v) is 9.06. The maximum Gasteiger partial charge on any atom is 0.271 e. The molecular formula is C14H16N2O2S3. The van der Waals surface area contributed by atoms with Gasteiger partial charge in [-0.3, -0.25) is 4.72 Å². The molecule has 1 aromatic carbocycles. The Kier molecular flexibility index (Phi) is 4.65. The van der Waals surface area contributed by atoms with E-state index in [-0.39, 0.29) is 4.99 Å². The quantitative estimate of drug-likeness (QED) is 0.821. The van der Waals surface area contributed by atoms with Gasteiger partial charge >= 0.3 is 0 Å². The Bertz CT molecular complexity index is 779. The number of thiophene rings is 1. The molecule has 0 atom stereocenters. The molecule has 0 aliphatic rings. The first kappa shape index (κ1) is 15.9. The molecule has 21 heavy (non-hydrogen) atoms. The number of rotatable bonds is 5. The molecule has 0 radical (unpaired) electrons. The molecule has 4 nitrogen and oxygen atoms in total. The Hall–Kier alpha value is -1.44. The largest absolute Gasteiger partial charge is 0.389 e. The molecule has 1 heterocycles. The molecule has 0 saturated heterocycles. The van der Waals surface area contributed by atoms with E-state index >= 15 is 0 Å². The van der Waals surface area contributed by atoms with Crippen LogP contribution < -0.4 is 10.5 Å². The molecule has 0 saturated carbocycles. The summed E-state index contributed by atoms with van der Waals surface area (Å²) in [7, 11) is -3.58. The van der Waals surface area contributed by atoms with Crippen molar-refractivity contribution in [2.75, 3.05) is 4.72 Å². The summed E-state index contributed by atoms with van der Waals surface area (Å²) in [5.41, 5.74) is 7.52. The van der Waals surface area contributed by atoms with Crippen molar-refractivity contribution in [1.82, 2.24) is 0 Å². The topological polar surface area (TPSA) is 72.2 Å². The first-order chi connectivity index (χ1) is 9.83. The number of hydrogen-bond acceptors (Lipinski definition) is 4. The van der Waals surface area contributed by atoms with Crippen molar-refractivity contribution in [3.63, 3.8) is 0 Å². The Balaban J connectivity index is 2.36. The third-order valence-corrected chi connectivity index (χ3v) is 6.34. The van der Waals surface area contributed by atoms with Crippen molar-refractivity contribution in [1.29, 1.82) is 0 Å². The van der Waals surface area contributed by atoms with E-state index in [2.05, 4.69) is 4.72 Å². The molecule has 0 bridgehead atoms. The van der Waals surface area contributed by atoms with Crippen LogP contribution in [0.5, 0.6) is 0 Å². The molecule has 0 aliphatic heterocycles. The lowest BCUT2D eigenvalue weighted by Crippen LogP contribution is -2.14. The zero-order valence-corrected chi connectivity index (χ0v) is 14.2. The molecule has 2 rings (SSSR count). The SMILES string of the molecule is CCc1ccc(S(=O)(=O)Nc2cc(C(N)=S)ccc2C)s1. The summed E-state index contributed by atoms with van der Waals surface area (Å²) in [6.07, 6.45) is 0.816. The van der Waals surface area contributed by atoms with E-state index in [0.29, 0.717) is 15.5 Å². The number of hydrogen-bond donors (Lipinski definition) is 2. The van der Waals surface area contributed by atoms with Crippen LogP contribution in [0.15, 0.2) is 34.5 Å². The second-order valence-electron chi connectivity index (χ2n) is 4.57. The smallest absolute Gasteiger partial charge is 0.271 e. The van der Waals surface area contributed by atoms with Gasteiger partial charge in [0.25, 0.3) is 10.0 Å². The van der Waals surface area contributed by atoms with Gasteiger partial charge < -0.3 is 5.73 Å². The van der Waals surface area contributed by atoms with Crippen LogP contribution in [-0.2, 0) is 16.4 Å². The number of aryl methyl sites for hydroxylation is 2. The van der Waals surface area contributed by atoms with Crippen LogP contribution in [0.4, 0.5) is 5.69 Å². The summed E-state index contributed by atoms with van der Waals surface area (Å²) in [6, 6.07) is 8.67. The van der Waals surface area contributed by atoms with E-state index < -0.39 is 10.0 Å². The minimum Gasteiger partial charge on any atom is -0.389 e. The number of anilines is 1. The number of benzene rings is 1. The van der Waals surface area contributed by atoms with Crippen molar-refractivity contribution in [3.05, 3.63) is 46.3 Å². The highest BCUT2D eigenvalue weighted by molar-refractivity contribution is 7.94. The van der Waals surface area contributed by atoms with E-state index in [1.54, 1.807) is 24.3 Å². The number of nitrogens with two attached hydrogens (primary N) is 1. The second kappa shape index (κ2) is 6.13. The summed E-state index contributed by atoms with van der Waals surface area (Å²) in [6.45, 7) is 3.82. The summed E-state index contributed by atoms with van der Waals surface area (Å²) < 4.78 is 27.7. The monoisotopic (exact) mass is 340 g/mol. The number of thiocarbonyl (C=S) groups is 1. The zero-order chi connectivity index (χ0) is 15.6. The summed E-state index contributed by atoms with van der Waals surface area (Å²) in [5.74, 6) is 0. The second-order valence-corrected chi connectivity index (χ2v) is 8.09. The van der Waals surface area contributed by atoms with Crippen molar-refractivity contribution in [2.45, 2.75) is 24.5 Å². The summed E-state index contributed by atoms with van der Waals surface area (Å²) in [4.78, 5) is 1.27.